The Bertz CT molecular complexity index is 618. The van der Waals surface area contributed by atoms with E-state index < -0.39 is 0 Å². The summed E-state index contributed by atoms with van der Waals surface area (Å²) in [4.78, 5) is 4.57. The zero-order valence-electron chi connectivity index (χ0n) is 12.9. The predicted octanol–water partition coefficient (Wildman–Crippen LogP) is 4.94. The Morgan fingerprint density at radius 3 is 2.67 bits per heavy atom. The fourth-order valence-corrected chi connectivity index (χ4v) is 3.61. The number of hydrogen-bond acceptors (Lipinski definition) is 4. The molecule has 1 atom stereocenters. The Balaban J connectivity index is 1.59. The summed E-state index contributed by atoms with van der Waals surface area (Å²) in [5.74, 6) is 0.783. The van der Waals surface area contributed by atoms with Gasteiger partial charge in [0.25, 0.3) is 0 Å². The first-order chi connectivity index (χ1) is 10.0. The van der Waals surface area contributed by atoms with E-state index in [9.17, 15) is 0 Å². The van der Waals surface area contributed by atoms with Gasteiger partial charge in [-0.05, 0) is 42.7 Å². The highest BCUT2D eigenvalue weighted by Crippen LogP contribution is 2.36. The first-order valence-electron chi connectivity index (χ1n) is 7.59. The molecule has 0 saturated carbocycles. The smallest absolute Gasteiger partial charge is 0.202 e. The third-order valence-electron chi connectivity index (χ3n) is 4.26. The van der Waals surface area contributed by atoms with Gasteiger partial charge in [-0.2, -0.15) is 0 Å². The standard InChI is InChI=1S/C17H23N3S/c1-17(2,3)12-8-10-13(11-9-12)19-20-16-18-14-6-4-5-7-15(14)21-16/h4-7,10,12,19H,8-9,11H2,1-3H3,(H,18,20)/t12-/m0/s1. The van der Waals surface area contributed by atoms with Gasteiger partial charge in [0, 0.05) is 5.70 Å². The highest BCUT2D eigenvalue weighted by molar-refractivity contribution is 7.22. The molecule has 3 rings (SSSR count). The summed E-state index contributed by atoms with van der Waals surface area (Å²) in [6.45, 7) is 7.01. The van der Waals surface area contributed by atoms with Crippen LogP contribution in [0.25, 0.3) is 10.2 Å². The number of benzene rings is 1. The molecule has 1 heterocycles. The zero-order valence-corrected chi connectivity index (χ0v) is 13.8. The van der Waals surface area contributed by atoms with Crippen molar-refractivity contribution in [1.82, 2.24) is 10.4 Å². The number of hydrazine groups is 1. The Kier molecular flexibility index (Phi) is 3.89. The van der Waals surface area contributed by atoms with Crippen molar-refractivity contribution in [2.24, 2.45) is 11.3 Å². The zero-order chi connectivity index (χ0) is 14.9. The maximum absolute atomic E-state index is 4.57. The largest absolute Gasteiger partial charge is 0.303 e. The number of nitrogens with one attached hydrogen (secondary N) is 2. The van der Waals surface area contributed by atoms with Crippen LogP contribution >= 0.6 is 11.3 Å². The molecule has 21 heavy (non-hydrogen) atoms. The highest BCUT2D eigenvalue weighted by Gasteiger charge is 2.26. The number of thiazole rings is 1. The molecule has 4 heteroatoms. The number of nitrogens with zero attached hydrogens (tertiary/aromatic N) is 1. The van der Waals surface area contributed by atoms with Crippen molar-refractivity contribution in [3.05, 3.63) is 36.0 Å². The Labute approximate surface area is 130 Å². The highest BCUT2D eigenvalue weighted by atomic mass is 32.1. The Morgan fingerprint density at radius 2 is 2.00 bits per heavy atom. The molecule has 1 aromatic carbocycles. The molecule has 0 bridgehead atoms. The van der Waals surface area contributed by atoms with Crippen LogP contribution in [0.15, 0.2) is 36.0 Å². The second-order valence-electron chi connectivity index (χ2n) is 6.80. The summed E-state index contributed by atoms with van der Waals surface area (Å²) >= 11 is 1.68. The number of para-hydroxylation sites is 1. The van der Waals surface area contributed by atoms with Crippen molar-refractivity contribution in [2.75, 3.05) is 5.43 Å². The van der Waals surface area contributed by atoms with Crippen molar-refractivity contribution in [1.29, 1.82) is 0 Å². The van der Waals surface area contributed by atoms with Crippen LogP contribution < -0.4 is 10.9 Å². The monoisotopic (exact) mass is 301 g/mol. The van der Waals surface area contributed by atoms with Gasteiger partial charge in [-0.25, -0.2) is 4.98 Å². The van der Waals surface area contributed by atoms with Crippen LogP contribution in [-0.4, -0.2) is 4.98 Å². The topological polar surface area (TPSA) is 37.0 Å². The molecule has 0 aliphatic heterocycles. The number of anilines is 1. The maximum Gasteiger partial charge on any atom is 0.202 e. The van der Waals surface area contributed by atoms with E-state index in [0.717, 1.165) is 29.4 Å². The molecular weight excluding hydrogens is 278 g/mol. The van der Waals surface area contributed by atoms with Gasteiger partial charge in [-0.3, -0.25) is 5.43 Å². The average molecular weight is 301 g/mol. The normalized spacial score (nSPS) is 19.4. The molecule has 0 amide bonds. The van der Waals surface area contributed by atoms with E-state index in [0.29, 0.717) is 5.41 Å². The lowest BCUT2D eigenvalue weighted by Crippen LogP contribution is -2.27. The van der Waals surface area contributed by atoms with Crippen LogP contribution in [0, 0.1) is 11.3 Å². The van der Waals surface area contributed by atoms with Crippen LogP contribution in [0.1, 0.15) is 40.0 Å². The summed E-state index contributed by atoms with van der Waals surface area (Å²) in [7, 11) is 0. The molecule has 1 aliphatic rings. The first kappa shape index (κ1) is 14.4. The summed E-state index contributed by atoms with van der Waals surface area (Å²) in [5.41, 5.74) is 9.32. The lowest BCUT2D eigenvalue weighted by Gasteiger charge is -2.33. The Hall–Kier alpha value is -1.55. The van der Waals surface area contributed by atoms with Gasteiger partial charge in [0.05, 0.1) is 10.2 Å². The number of aromatic nitrogens is 1. The van der Waals surface area contributed by atoms with Gasteiger partial charge in [-0.15, -0.1) is 0 Å². The van der Waals surface area contributed by atoms with Crippen molar-refractivity contribution in [3.63, 3.8) is 0 Å². The van der Waals surface area contributed by atoms with E-state index >= 15 is 0 Å². The van der Waals surface area contributed by atoms with Crippen LogP contribution in [-0.2, 0) is 0 Å². The van der Waals surface area contributed by atoms with Crippen LogP contribution in [0.4, 0.5) is 5.13 Å². The van der Waals surface area contributed by atoms with Crippen molar-refractivity contribution in [3.8, 4) is 0 Å². The maximum atomic E-state index is 4.57. The molecule has 0 unspecified atom stereocenters. The number of rotatable bonds is 3. The molecular formula is C17H23N3S. The quantitative estimate of drug-likeness (QED) is 0.788. The van der Waals surface area contributed by atoms with Gasteiger partial charge in [0.2, 0.25) is 5.13 Å². The fraction of sp³-hybridized carbons (Fsp3) is 0.471. The van der Waals surface area contributed by atoms with Crippen molar-refractivity contribution >= 4 is 26.7 Å². The van der Waals surface area contributed by atoms with Crippen LogP contribution in [0.3, 0.4) is 0 Å². The van der Waals surface area contributed by atoms with Crippen LogP contribution in [0.5, 0.6) is 0 Å². The SMILES string of the molecule is CC(C)(C)[C@H]1CC=C(NNc2nc3ccccc3s2)CC1. The van der Waals surface area contributed by atoms with Gasteiger partial charge in [0.15, 0.2) is 0 Å². The van der Waals surface area contributed by atoms with E-state index in [1.54, 1.807) is 11.3 Å². The van der Waals surface area contributed by atoms with Gasteiger partial charge < -0.3 is 5.43 Å². The third kappa shape index (κ3) is 3.38. The molecule has 1 aliphatic carbocycles. The molecule has 0 radical (unpaired) electrons. The molecule has 3 nitrogen and oxygen atoms in total. The minimum Gasteiger partial charge on any atom is -0.303 e. The van der Waals surface area contributed by atoms with E-state index in [2.05, 4.69) is 48.7 Å². The summed E-state index contributed by atoms with van der Waals surface area (Å²) in [5, 5.41) is 0.926. The van der Waals surface area contributed by atoms with Gasteiger partial charge in [0.1, 0.15) is 0 Å². The minimum atomic E-state index is 0.405. The molecule has 112 valence electrons. The van der Waals surface area contributed by atoms with Crippen LogP contribution in [0.2, 0.25) is 0 Å². The van der Waals surface area contributed by atoms with E-state index in [1.807, 2.05) is 18.2 Å². The summed E-state index contributed by atoms with van der Waals surface area (Å²) in [6.07, 6.45) is 5.86. The minimum absolute atomic E-state index is 0.405. The number of hydrogen-bond donors (Lipinski definition) is 2. The molecule has 2 N–H and O–H groups in total. The van der Waals surface area contributed by atoms with Crippen molar-refractivity contribution < 1.29 is 0 Å². The molecule has 1 aromatic heterocycles. The third-order valence-corrected chi connectivity index (χ3v) is 5.21. The first-order valence-corrected chi connectivity index (χ1v) is 8.40. The molecule has 2 aromatic rings. The van der Waals surface area contributed by atoms with E-state index in [1.165, 1.54) is 16.8 Å². The summed E-state index contributed by atoms with van der Waals surface area (Å²) < 4.78 is 1.22. The van der Waals surface area contributed by atoms with E-state index in [4.69, 9.17) is 0 Å². The average Bonchev–Trinajstić information content (AvgIpc) is 2.87. The molecule has 0 fully saturated rings. The lowest BCUT2D eigenvalue weighted by atomic mass is 9.74. The van der Waals surface area contributed by atoms with Gasteiger partial charge >= 0.3 is 0 Å². The predicted molar refractivity (Wildman–Crippen MR) is 91.3 cm³/mol. The van der Waals surface area contributed by atoms with Gasteiger partial charge in [-0.1, -0.05) is 50.3 Å². The lowest BCUT2D eigenvalue weighted by molar-refractivity contribution is 0.219. The second kappa shape index (κ2) is 5.68. The molecule has 0 saturated heterocycles. The fourth-order valence-electron chi connectivity index (χ4n) is 2.79. The van der Waals surface area contributed by atoms with E-state index in [-0.39, 0.29) is 0 Å². The number of fused-ring (bicyclic) bond motifs is 1. The number of allylic oxidation sites excluding steroid dienone is 2. The van der Waals surface area contributed by atoms with Crippen molar-refractivity contribution in [2.45, 2.75) is 40.0 Å². The Morgan fingerprint density at radius 1 is 1.19 bits per heavy atom. The molecule has 0 spiro atoms. The summed E-state index contributed by atoms with van der Waals surface area (Å²) in [6, 6.07) is 8.22. The second-order valence-corrected chi connectivity index (χ2v) is 7.83.